The fourth-order valence-corrected chi connectivity index (χ4v) is 2.12. The Morgan fingerprint density at radius 3 is 2.65 bits per heavy atom. The second kappa shape index (κ2) is 4.46. The highest BCUT2D eigenvalue weighted by Gasteiger charge is 2.21. The Morgan fingerprint density at radius 1 is 1.41 bits per heavy atom. The van der Waals surface area contributed by atoms with Gasteiger partial charge in [0.1, 0.15) is 0 Å². The SMILES string of the molecule is CS(=O)(=O)c1cccc(C(=O)NC2COC2)c1. The fraction of sp³-hybridized carbons (Fsp3) is 0.364. The monoisotopic (exact) mass is 255 g/mol. The Morgan fingerprint density at radius 2 is 2.12 bits per heavy atom. The van der Waals surface area contributed by atoms with Crippen molar-refractivity contribution in [3.05, 3.63) is 29.8 Å². The normalized spacial score (nSPS) is 16.3. The van der Waals surface area contributed by atoms with E-state index in [-0.39, 0.29) is 16.8 Å². The summed E-state index contributed by atoms with van der Waals surface area (Å²) in [7, 11) is -3.28. The molecule has 1 aromatic carbocycles. The number of sulfone groups is 1. The number of benzene rings is 1. The van der Waals surface area contributed by atoms with Crippen LogP contribution in [0.1, 0.15) is 10.4 Å². The zero-order chi connectivity index (χ0) is 12.5. The van der Waals surface area contributed by atoms with Crippen LogP contribution in [-0.4, -0.2) is 39.8 Å². The highest BCUT2D eigenvalue weighted by atomic mass is 32.2. The molecule has 0 radical (unpaired) electrons. The first-order valence-electron chi connectivity index (χ1n) is 5.15. The average molecular weight is 255 g/mol. The van der Waals surface area contributed by atoms with Crippen LogP contribution in [0, 0.1) is 0 Å². The molecule has 1 aliphatic rings. The summed E-state index contributed by atoms with van der Waals surface area (Å²) < 4.78 is 27.6. The maximum Gasteiger partial charge on any atom is 0.251 e. The van der Waals surface area contributed by atoms with E-state index < -0.39 is 9.84 Å². The summed E-state index contributed by atoms with van der Waals surface area (Å²) in [6.45, 7) is 1.02. The number of hydrogen-bond acceptors (Lipinski definition) is 4. The molecule has 2 rings (SSSR count). The molecule has 1 heterocycles. The molecule has 1 aromatic rings. The average Bonchev–Trinajstić information content (AvgIpc) is 2.22. The molecular formula is C11H13NO4S. The van der Waals surface area contributed by atoms with Gasteiger partial charge in [-0.25, -0.2) is 8.42 Å². The summed E-state index contributed by atoms with van der Waals surface area (Å²) in [6.07, 6.45) is 1.11. The molecule has 0 bridgehead atoms. The quantitative estimate of drug-likeness (QED) is 0.838. The highest BCUT2D eigenvalue weighted by Crippen LogP contribution is 2.12. The molecule has 0 spiro atoms. The van der Waals surface area contributed by atoms with Crippen LogP contribution in [0.3, 0.4) is 0 Å². The lowest BCUT2D eigenvalue weighted by molar-refractivity contribution is -0.00346. The Balaban J connectivity index is 2.17. The molecule has 1 amide bonds. The predicted molar refractivity (Wildman–Crippen MR) is 61.6 cm³/mol. The van der Waals surface area contributed by atoms with E-state index in [1.807, 2.05) is 0 Å². The third-order valence-corrected chi connectivity index (χ3v) is 3.61. The molecule has 17 heavy (non-hydrogen) atoms. The topological polar surface area (TPSA) is 72.5 Å². The van der Waals surface area contributed by atoms with E-state index in [1.165, 1.54) is 12.1 Å². The first-order chi connectivity index (χ1) is 7.97. The summed E-state index contributed by atoms with van der Waals surface area (Å²) >= 11 is 0. The minimum absolute atomic E-state index is 0.0318. The molecule has 1 saturated heterocycles. The van der Waals surface area contributed by atoms with Crippen LogP contribution in [0.2, 0.25) is 0 Å². The summed E-state index contributed by atoms with van der Waals surface area (Å²) in [5.74, 6) is -0.274. The van der Waals surface area contributed by atoms with Crippen molar-refractivity contribution in [1.29, 1.82) is 0 Å². The van der Waals surface area contributed by atoms with Gasteiger partial charge in [-0.2, -0.15) is 0 Å². The molecule has 0 saturated carbocycles. The van der Waals surface area contributed by atoms with E-state index in [1.54, 1.807) is 12.1 Å². The van der Waals surface area contributed by atoms with Crippen LogP contribution in [0.4, 0.5) is 0 Å². The van der Waals surface area contributed by atoms with E-state index in [9.17, 15) is 13.2 Å². The third-order valence-electron chi connectivity index (χ3n) is 2.50. The zero-order valence-corrected chi connectivity index (χ0v) is 10.2. The van der Waals surface area contributed by atoms with Crippen molar-refractivity contribution >= 4 is 15.7 Å². The number of rotatable bonds is 3. The van der Waals surface area contributed by atoms with Gasteiger partial charge in [-0.15, -0.1) is 0 Å². The summed E-state index contributed by atoms with van der Waals surface area (Å²) in [4.78, 5) is 11.9. The number of carbonyl (C=O) groups is 1. The molecule has 0 aliphatic carbocycles. The second-order valence-corrected chi connectivity index (χ2v) is 6.02. The van der Waals surface area contributed by atoms with Gasteiger partial charge >= 0.3 is 0 Å². The minimum Gasteiger partial charge on any atom is -0.377 e. The molecule has 1 N–H and O–H groups in total. The Hall–Kier alpha value is -1.40. The largest absolute Gasteiger partial charge is 0.377 e. The van der Waals surface area contributed by atoms with Crippen LogP contribution < -0.4 is 5.32 Å². The van der Waals surface area contributed by atoms with Crippen LogP contribution in [0.25, 0.3) is 0 Å². The molecule has 5 nitrogen and oxygen atoms in total. The molecule has 92 valence electrons. The number of nitrogens with one attached hydrogen (secondary N) is 1. The maximum atomic E-state index is 11.8. The Kier molecular flexibility index (Phi) is 3.17. The van der Waals surface area contributed by atoms with Gasteiger partial charge in [-0.1, -0.05) is 6.07 Å². The fourth-order valence-electron chi connectivity index (χ4n) is 1.46. The van der Waals surface area contributed by atoms with Crippen LogP contribution >= 0.6 is 0 Å². The standard InChI is InChI=1S/C11H13NO4S/c1-17(14,15)10-4-2-3-8(5-10)11(13)12-9-6-16-7-9/h2-5,9H,6-7H2,1H3,(H,12,13). The van der Waals surface area contributed by atoms with E-state index in [0.717, 1.165) is 6.26 Å². The van der Waals surface area contributed by atoms with Gasteiger partial charge in [0.05, 0.1) is 24.2 Å². The first kappa shape index (κ1) is 12.1. The molecular weight excluding hydrogens is 242 g/mol. The predicted octanol–water partition coefficient (Wildman–Crippen LogP) is 0.219. The van der Waals surface area contributed by atoms with Crippen molar-refractivity contribution < 1.29 is 17.9 Å². The molecule has 0 unspecified atom stereocenters. The van der Waals surface area contributed by atoms with E-state index in [2.05, 4.69) is 5.32 Å². The van der Waals surface area contributed by atoms with Gasteiger partial charge < -0.3 is 10.1 Å². The van der Waals surface area contributed by atoms with Crippen molar-refractivity contribution in [2.24, 2.45) is 0 Å². The Labute approximate surface area is 99.7 Å². The van der Waals surface area contributed by atoms with Gasteiger partial charge in [0.15, 0.2) is 9.84 Å². The van der Waals surface area contributed by atoms with Crippen LogP contribution in [0.5, 0.6) is 0 Å². The van der Waals surface area contributed by atoms with Gasteiger partial charge in [-0.05, 0) is 18.2 Å². The summed E-state index contributed by atoms with van der Waals surface area (Å²) in [5, 5.41) is 2.75. The number of amides is 1. The van der Waals surface area contributed by atoms with Crippen LogP contribution in [0.15, 0.2) is 29.2 Å². The van der Waals surface area contributed by atoms with Crippen molar-refractivity contribution in [3.63, 3.8) is 0 Å². The lowest BCUT2D eigenvalue weighted by atomic mass is 10.2. The maximum absolute atomic E-state index is 11.8. The van der Waals surface area contributed by atoms with Gasteiger partial charge in [0.2, 0.25) is 0 Å². The third kappa shape index (κ3) is 2.83. The number of carbonyl (C=O) groups excluding carboxylic acids is 1. The molecule has 0 aromatic heterocycles. The minimum atomic E-state index is -3.28. The molecule has 1 aliphatic heterocycles. The first-order valence-corrected chi connectivity index (χ1v) is 7.05. The zero-order valence-electron chi connectivity index (χ0n) is 9.34. The van der Waals surface area contributed by atoms with Gasteiger partial charge in [-0.3, -0.25) is 4.79 Å². The van der Waals surface area contributed by atoms with E-state index in [0.29, 0.717) is 18.8 Å². The Bertz CT molecular complexity index is 534. The number of hydrogen-bond donors (Lipinski definition) is 1. The lowest BCUT2D eigenvalue weighted by Crippen LogP contribution is -2.48. The number of ether oxygens (including phenoxy) is 1. The summed E-state index contributed by atoms with van der Waals surface area (Å²) in [6, 6.07) is 6.03. The van der Waals surface area contributed by atoms with E-state index >= 15 is 0 Å². The highest BCUT2D eigenvalue weighted by molar-refractivity contribution is 7.90. The van der Waals surface area contributed by atoms with E-state index in [4.69, 9.17) is 4.74 Å². The smallest absolute Gasteiger partial charge is 0.251 e. The van der Waals surface area contributed by atoms with Crippen molar-refractivity contribution in [3.8, 4) is 0 Å². The molecule has 1 fully saturated rings. The summed E-state index contributed by atoms with van der Waals surface area (Å²) in [5.41, 5.74) is 0.347. The lowest BCUT2D eigenvalue weighted by Gasteiger charge is -2.26. The molecule has 6 heteroatoms. The van der Waals surface area contributed by atoms with Crippen molar-refractivity contribution in [1.82, 2.24) is 5.32 Å². The van der Waals surface area contributed by atoms with Gasteiger partial charge in [0.25, 0.3) is 5.91 Å². The van der Waals surface area contributed by atoms with Crippen molar-refractivity contribution in [2.75, 3.05) is 19.5 Å². The van der Waals surface area contributed by atoms with Crippen molar-refractivity contribution in [2.45, 2.75) is 10.9 Å². The molecule has 0 atom stereocenters. The van der Waals surface area contributed by atoms with Crippen LogP contribution in [-0.2, 0) is 14.6 Å². The second-order valence-electron chi connectivity index (χ2n) is 4.01. The van der Waals surface area contributed by atoms with Gasteiger partial charge in [0, 0.05) is 11.8 Å².